The molecule has 6 rings (SSSR count). The molecule has 4 aliphatic rings. The van der Waals surface area contributed by atoms with Gasteiger partial charge in [0.2, 0.25) is 0 Å². The fourth-order valence-electron chi connectivity index (χ4n) is 5.69. The Morgan fingerprint density at radius 3 is 2.86 bits per heavy atom. The van der Waals surface area contributed by atoms with Gasteiger partial charge in [0, 0.05) is 23.5 Å². The van der Waals surface area contributed by atoms with E-state index in [4.69, 9.17) is 20.8 Å². The summed E-state index contributed by atoms with van der Waals surface area (Å²) in [5.41, 5.74) is 2.24. The second-order valence-electron chi connectivity index (χ2n) is 8.74. The van der Waals surface area contributed by atoms with E-state index in [9.17, 15) is 4.79 Å². The van der Waals surface area contributed by atoms with Gasteiger partial charge in [-0.25, -0.2) is 4.79 Å². The van der Waals surface area contributed by atoms with Crippen LogP contribution in [0, 0.1) is 0 Å². The predicted octanol–water partition coefficient (Wildman–Crippen LogP) is 4.35. The average Bonchev–Trinajstić information content (AvgIpc) is 3.38. The molecule has 6 nitrogen and oxygen atoms in total. The molecule has 3 fully saturated rings. The Balaban J connectivity index is 1.45. The number of furan rings is 1. The second-order valence-corrected chi connectivity index (χ2v) is 9.14. The number of carbonyl (C=O) groups excluding carboxylic acids is 1. The molecule has 1 aliphatic carbocycles. The van der Waals surface area contributed by atoms with Gasteiger partial charge in [-0.1, -0.05) is 30.9 Å². The smallest absolute Gasteiger partial charge is 0.319 e. The molecule has 4 heterocycles. The van der Waals surface area contributed by atoms with Crippen molar-refractivity contribution in [3.63, 3.8) is 0 Å². The number of benzene rings is 1. The first-order chi connectivity index (χ1) is 13.6. The van der Waals surface area contributed by atoms with Crippen molar-refractivity contribution in [2.45, 2.75) is 62.8 Å². The Morgan fingerprint density at radius 2 is 2.11 bits per heavy atom. The summed E-state index contributed by atoms with van der Waals surface area (Å²) in [6.45, 7) is 2.59. The van der Waals surface area contributed by atoms with E-state index in [-0.39, 0.29) is 11.6 Å². The van der Waals surface area contributed by atoms with Crippen LogP contribution in [0.25, 0.3) is 11.0 Å². The number of carbonyl (C=O) groups is 1. The zero-order valence-corrected chi connectivity index (χ0v) is 16.5. The highest BCUT2D eigenvalue weighted by molar-refractivity contribution is 6.35. The van der Waals surface area contributed by atoms with Crippen LogP contribution in [-0.4, -0.2) is 36.2 Å². The van der Waals surface area contributed by atoms with Gasteiger partial charge >= 0.3 is 6.03 Å². The Bertz CT molecular complexity index is 965. The summed E-state index contributed by atoms with van der Waals surface area (Å²) in [5.74, 6) is 0.954. The van der Waals surface area contributed by atoms with Crippen LogP contribution in [0.1, 0.15) is 49.8 Å². The summed E-state index contributed by atoms with van der Waals surface area (Å²) >= 11 is 6.61. The van der Waals surface area contributed by atoms with Crippen LogP contribution < -0.4 is 10.6 Å². The largest absolute Gasteiger partial charge is 0.459 e. The highest BCUT2D eigenvalue weighted by Gasteiger charge is 2.44. The van der Waals surface area contributed by atoms with Crippen molar-refractivity contribution < 1.29 is 13.9 Å². The van der Waals surface area contributed by atoms with E-state index in [1.54, 1.807) is 0 Å². The van der Waals surface area contributed by atoms with Crippen molar-refractivity contribution >= 4 is 34.3 Å². The van der Waals surface area contributed by atoms with Crippen LogP contribution in [0.5, 0.6) is 0 Å². The number of nitrogens with zero attached hydrogens (tertiary/aromatic N) is 1. The Morgan fingerprint density at radius 1 is 1.25 bits per heavy atom. The average molecular weight is 402 g/mol. The number of halogens is 1. The second kappa shape index (κ2) is 6.12. The van der Waals surface area contributed by atoms with Gasteiger partial charge in [-0.15, -0.1) is 0 Å². The highest BCUT2D eigenvalue weighted by atomic mass is 35.5. The van der Waals surface area contributed by atoms with E-state index in [1.807, 2.05) is 6.07 Å². The SMILES string of the molecule is O=C1Nc2c(Cl)cc3cc(CN4C[C@@H]5C[C@H]4CO5)oc3c2C2(CCCCC2)N1. The summed E-state index contributed by atoms with van der Waals surface area (Å²) in [5, 5.41) is 7.75. The molecule has 1 saturated carbocycles. The number of likely N-dealkylation sites (tertiary alicyclic amines) is 1. The molecule has 2 atom stereocenters. The van der Waals surface area contributed by atoms with Crippen molar-refractivity contribution in [3.05, 3.63) is 28.5 Å². The molecule has 1 spiro atoms. The van der Waals surface area contributed by atoms with Crippen LogP contribution in [0.15, 0.2) is 16.5 Å². The molecule has 2 N–H and O–H groups in total. The minimum atomic E-state index is -0.380. The summed E-state index contributed by atoms with van der Waals surface area (Å²) in [6, 6.07) is 4.36. The number of anilines is 1. The van der Waals surface area contributed by atoms with Crippen LogP contribution >= 0.6 is 11.6 Å². The van der Waals surface area contributed by atoms with Gasteiger partial charge in [0.05, 0.1) is 35.5 Å². The Kier molecular flexibility index (Phi) is 3.74. The van der Waals surface area contributed by atoms with Gasteiger partial charge < -0.3 is 19.8 Å². The van der Waals surface area contributed by atoms with E-state index < -0.39 is 0 Å². The summed E-state index contributed by atoms with van der Waals surface area (Å²) in [7, 11) is 0. The summed E-state index contributed by atoms with van der Waals surface area (Å²) in [4.78, 5) is 14.8. The first kappa shape index (κ1) is 17.1. The van der Waals surface area contributed by atoms with Gasteiger partial charge in [-0.05, 0) is 31.4 Å². The molecule has 28 heavy (non-hydrogen) atoms. The fourth-order valence-corrected chi connectivity index (χ4v) is 5.95. The third-order valence-electron chi connectivity index (χ3n) is 6.96. The molecule has 148 valence electrons. The number of fused-ring (bicyclic) bond motifs is 6. The third kappa shape index (κ3) is 2.51. The number of amides is 2. The number of urea groups is 1. The van der Waals surface area contributed by atoms with Crippen molar-refractivity contribution in [2.75, 3.05) is 18.5 Å². The molecule has 2 saturated heterocycles. The van der Waals surface area contributed by atoms with E-state index in [1.165, 1.54) is 6.42 Å². The number of morpholine rings is 1. The van der Waals surface area contributed by atoms with E-state index >= 15 is 0 Å². The molecule has 0 radical (unpaired) electrons. The van der Waals surface area contributed by atoms with E-state index in [2.05, 4.69) is 21.6 Å². The van der Waals surface area contributed by atoms with Crippen LogP contribution in [-0.2, 0) is 16.8 Å². The molecule has 1 aromatic carbocycles. The molecule has 3 aliphatic heterocycles. The lowest BCUT2D eigenvalue weighted by Crippen LogP contribution is -2.52. The summed E-state index contributed by atoms with van der Waals surface area (Å²) in [6.07, 6.45) is 6.74. The highest BCUT2D eigenvalue weighted by Crippen LogP contribution is 2.49. The normalized spacial score (nSPS) is 28.5. The fraction of sp³-hybridized carbons (Fsp3) is 0.571. The maximum absolute atomic E-state index is 12.4. The van der Waals surface area contributed by atoms with Gasteiger partial charge in [-0.3, -0.25) is 4.90 Å². The minimum absolute atomic E-state index is 0.171. The van der Waals surface area contributed by atoms with E-state index in [0.29, 0.717) is 22.9 Å². The third-order valence-corrected chi connectivity index (χ3v) is 7.26. The van der Waals surface area contributed by atoms with Gasteiger partial charge in [-0.2, -0.15) is 0 Å². The Labute approximate surface area is 168 Å². The number of ether oxygens (including phenoxy) is 1. The molecule has 2 amide bonds. The van der Waals surface area contributed by atoms with Crippen molar-refractivity contribution in [1.82, 2.24) is 10.2 Å². The maximum Gasteiger partial charge on any atom is 0.319 e. The number of nitrogens with one attached hydrogen (secondary N) is 2. The first-order valence-corrected chi connectivity index (χ1v) is 10.7. The molecule has 0 unspecified atom stereocenters. The van der Waals surface area contributed by atoms with E-state index in [0.717, 1.165) is 74.1 Å². The van der Waals surface area contributed by atoms with Crippen LogP contribution in [0.4, 0.5) is 10.5 Å². The lowest BCUT2D eigenvalue weighted by atomic mass is 9.74. The zero-order chi connectivity index (χ0) is 18.9. The van der Waals surface area contributed by atoms with Crippen molar-refractivity contribution in [1.29, 1.82) is 0 Å². The topological polar surface area (TPSA) is 66.7 Å². The van der Waals surface area contributed by atoms with Crippen LogP contribution in [0.3, 0.4) is 0 Å². The molecular formula is C21H24ClN3O3. The van der Waals surface area contributed by atoms with Crippen molar-refractivity contribution in [2.24, 2.45) is 0 Å². The van der Waals surface area contributed by atoms with Gasteiger partial charge in [0.1, 0.15) is 11.3 Å². The lowest BCUT2D eigenvalue weighted by Gasteiger charge is -2.42. The molecule has 1 aromatic heterocycles. The standard InChI is InChI=1S/C21H24ClN3O3/c22-16-7-12-6-15(10-25-9-14-8-13(25)11-27-14)28-19(12)17-18(16)23-20(26)24-21(17)4-2-1-3-5-21/h6-7,13-14H,1-5,8-11H2,(H2,23,24,26)/t13-,14-/m0/s1. The van der Waals surface area contributed by atoms with Crippen LogP contribution in [0.2, 0.25) is 5.02 Å². The summed E-state index contributed by atoms with van der Waals surface area (Å²) < 4.78 is 12.1. The predicted molar refractivity (Wildman–Crippen MR) is 107 cm³/mol. The first-order valence-electron chi connectivity index (χ1n) is 10.3. The van der Waals surface area contributed by atoms with Gasteiger partial charge in [0.25, 0.3) is 0 Å². The Hall–Kier alpha value is -1.76. The quantitative estimate of drug-likeness (QED) is 0.784. The number of rotatable bonds is 2. The number of hydrogen-bond acceptors (Lipinski definition) is 4. The van der Waals surface area contributed by atoms with Crippen molar-refractivity contribution in [3.8, 4) is 0 Å². The van der Waals surface area contributed by atoms with Gasteiger partial charge in [0.15, 0.2) is 0 Å². The zero-order valence-electron chi connectivity index (χ0n) is 15.7. The molecule has 7 heteroatoms. The lowest BCUT2D eigenvalue weighted by molar-refractivity contribution is 0.0250. The monoisotopic (exact) mass is 401 g/mol. The molecular weight excluding hydrogens is 378 g/mol. The molecule has 2 aromatic rings. The minimum Gasteiger partial charge on any atom is -0.459 e. The molecule has 2 bridgehead atoms. The number of hydrogen-bond donors (Lipinski definition) is 2. The maximum atomic E-state index is 12.4.